The van der Waals surface area contributed by atoms with E-state index in [1.807, 2.05) is 0 Å². The van der Waals surface area contributed by atoms with Crippen LogP contribution in [0, 0.1) is 11.8 Å². The van der Waals surface area contributed by atoms with Crippen molar-refractivity contribution >= 4 is 0 Å². The van der Waals surface area contributed by atoms with Crippen molar-refractivity contribution in [2.45, 2.75) is 46.6 Å². The molecule has 0 aliphatic carbocycles. The first-order chi connectivity index (χ1) is 10.1. The summed E-state index contributed by atoms with van der Waals surface area (Å²) in [6.07, 6.45) is 3.93. The number of likely N-dealkylation sites (tertiary alicyclic amines) is 1. The molecule has 1 aliphatic heterocycles. The minimum Gasteiger partial charge on any atom is -0.311 e. The van der Waals surface area contributed by atoms with Crippen molar-refractivity contribution in [1.82, 2.24) is 10.2 Å². The van der Waals surface area contributed by atoms with Crippen LogP contribution in [0.25, 0.3) is 0 Å². The lowest BCUT2D eigenvalue weighted by molar-refractivity contribution is 0.193. The van der Waals surface area contributed by atoms with Crippen LogP contribution < -0.4 is 5.32 Å². The standard InChI is InChI=1S/C19H32N2/c1-16(2)14-18-4-6-19(7-5-18)15-20-10-13-21-11-8-17(3)9-12-21/h4-7,16-17,20H,8-15H2,1-3H3. The van der Waals surface area contributed by atoms with Gasteiger partial charge in [-0.3, -0.25) is 0 Å². The normalized spacial score (nSPS) is 17.5. The van der Waals surface area contributed by atoms with Crippen molar-refractivity contribution in [3.05, 3.63) is 35.4 Å². The van der Waals surface area contributed by atoms with Crippen molar-refractivity contribution in [2.24, 2.45) is 11.8 Å². The van der Waals surface area contributed by atoms with E-state index in [0.717, 1.165) is 24.9 Å². The number of rotatable bonds is 7. The Hall–Kier alpha value is -0.860. The molecular weight excluding hydrogens is 256 g/mol. The Morgan fingerprint density at radius 1 is 1.10 bits per heavy atom. The molecule has 0 saturated carbocycles. The Labute approximate surface area is 130 Å². The van der Waals surface area contributed by atoms with Gasteiger partial charge in [0.25, 0.3) is 0 Å². The number of benzene rings is 1. The first-order valence-corrected chi connectivity index (χ1v) is 8.64. The lowest BCUT2D eigenvalue weighted by atomic mass is 9.99. The number of piperidine rings is 1. The van der Waals surface area contributed by atoms with Crippen LogP contribution in [0.3, 0.4) is 0 Å². The van der Waals surface area contributed by atoms with Crippen LogP contribution in [0.2, 0.25) is 0 Å². The predicted molar refractivity (Wildman–Crippen MR) is 91.5 cm³/mol. The molecule has 0 bridgehead atoms. The van der Waals surface area contributed by atoms with Crippen LogP contribution in [-0.4, -0.2) is 31.1 Å². The van der Waals surface area contributed by atoms with Gasteiger partial charge in [0.05, 0.1) is 0 Å². The van der Waals surface area contributed by atoms with E-state index in [2.05, 4.69) is 55.3 Å². The Morgan fingerprint density at radius 2 is 1.71 bits per heavy atom. The molecule has 0 amide bonds. The number of nitrogens with one attached hydrogen (secondary N) is 1. The van der Waals surface area contributed by atoms with Crippen molar-refractivity contribution in [2.75, 3.05) is 26.2 Å². The van der Waals surface area contributed by atoms with Gasteiger partial charge in [-0.25, -0.2) is 0 Å². The molecular formula is C19H32N2. The molecule has 21 heavy (non-hydrogen) atoms. The van der Waals surface area contributed by atoms with E-state index < -0.39 is 0 Å². The molecule has 118 valence electrons. The van der Waals surface area contributed by atoms with Crippen molar-refractivity contribution in [3.63, 3.8) is 0 Å². The summed E-state index contributed by atoms with van der Waals surface area (Å²) >= 11 is 0. The van der Waals surface area contributed by atoms with Gasteiger partial charge in [-0.2, -0.15) is 0 Å². The predicted octanol–water partition coefficient (Wildman–Crippen LogP) is 3.71. The smallest absolute Gasteiger partial charge is 0.0206 e. The molecule has 0 spiro atoms. The van der Waals surface area contributed by atoms with Gasteiger partial charge in [0.1, 0.15) is 0 Å². The molecule has 1 aromatic carbocycles. The number of nitrogens with zero attached hydrogens (tertiary/aromatic N) is 1. The lowest BCUT2D eigenvalue weighted by Gasteiger charge is -2.30. The van der Waals surface area contributed by atoms with E-state index >= 15 is 0 Å². The van der Waals surface area contributed by atoms with E-state index in [9.17, 15) is 0 Å². The molecule has 0 atom stereocenters. The van der Waals surface area contributed by atoms with Crippen molar-refractivity contribution < 1.29 is 0 Å². The second-order valence-corrected chi connectivity index (χ2v) is 7.12. The summed E-state index contributed by atoms with van der Waals surface area (Å²) < 4.78 is 0. The van der Waals surface area contributed by atoms with Crippen LogP contribution in [-0.2, 0) is 13.0 Å². The molecule has 1 fully saturated rings. The largest absolute Gasteiger partial charge is 0.311 e. The van der Waals surface area contributed by atoms with E-state index in [-0.39, 0.29) is 0 Å². The maximum Gasteiger partial charge on any atom is 0.0206 e. The molecule has 2 rings (SSSR count). The molecule has 1 saturated heterocycles. The third kappa shape index (κ3) is 6.19. The Bertz CT molecular complexity index is 389. The van der Waals surface area contributed by atoms with E-state index in [1.54, 1.807) is 0 Å². The fraction of sp³-hybridized carbons (Fsp3) is 0.684. The van der Waals surface area contributed by atoms with Gasteiger partial charge in [-0.1, -0.05) is 45.0 Å². The second-order valence-electron chi connectivity index (χ2n) is 7.12. The average Bonchev–Trinajstić information content (AvgIpc) is 2.46. The van der Waals surface area contributed by atoms with Crippen LogP contribution in [0.4, 0.5) is 0 Å². The van der Waals surface area contributed by atoms with Crippen molar-refractivity contribution in [1.29, 1.82) is 0 Å². The number of hydrogen-bond acceptors (Lipinski definition) is 2. The SMILES string of the molecule is CC(C)Cc1ccc(CNCCN2CCC(C)CC2)cc1. The van der Waals surface area contributed by atoms with Crippen LogP contribution >= 0.6 is 0 Å². The summed E-state index contributed by atoms with van der Waals surface area (Å²) in [5, 5.41) is 3.58. The molecule has 0 unspecified atom stereocenters. The summed E-state index contributed by atoms with van der Waals surface area (Å²) in [4.78, 5) is 2.60. The Kier molecular flexibility index (Phi) is 6.72. The third-order valence-electron chi connectivity index (χ3n) is 4.48. The number of hydrogen-bond donors (Lipinski definition) is 1. The molecule has 1 aromatic rings. The zero-order chi connectivity index (χ0) is 15.1. The van der Waals surface area contributed by atoms with E-state index in [1.165, 1.54) is 50.0 Å². The highest BCUT2D eigenvalue weighted by molar-refractivity contribution is 5.22. The molecule has 0 radical (unpaired) electrons. The summed E-state index contributed by atoms with van der Waals surface area (Å²) in [5.41, 5.74) is 2.85. The first kappa shape index (κ1) is 16.5. The minimum atomic E-state index is 0.737. The fourth-order valence-electron chi connectivity index (χ4n) is 3.02. The third-order valence-corrected chi connectivity index (χ3v) is 4.48. The van der Waals surface area contributed by atoms with Gasteiger partial charge in [-0.15, -0.1) is 0 Å². The first-order valence-electron chi connectivity index (χ1n) is 8.64. The highest BCUT2D eigenvalue weighted by atomic mass is 15.1. The summed E-state index contributed by atoms with van der Waals surface area (Å²) in [5.74, 6) is 1.67. The highest BCUT2D eigenvalue weighted by Crippen LogP contribution is 2.15. The molecule has 1 heterocycles. The lowest BCUT2D eigenvalue weighted by Crippen LogP contribution is -2.37. The maximum absolute atomic E-state index is 3.58. The maximum atomic E-state index is 3.58. The zero-order valence-electron chi connectivity index (χ0n) is 14.1. The summed E-state index contributed by atoms with van der Waals surface area (Å²) in [6.45, 7) is 12.8. The van der Waals surface area contributed by atoms with Gasteiger partial charge >= 0.3 is 0 Å². The fourth-order valence-corrected chi connectivity index (χ4v) is 3.02. The van der Waals surface area contributed by atoms with Gasteiger partial charge in [0.15, 0.2) is 0 Å². The molecule has 1 aliphatic rings. The summed E-state index contributed by atoms with van der Waals surface area (Å²) in [7, 11) is 0. The van der Waals surface area contributed by atoms with Gasteiger partial charge in [0.2, 0.25) is 0 Å². The van der Waals surface area contributed by atoms with Crippen LogP contribution in [0.1, 0.15) is 44.7 Å². The quantitative estimate of drug-likeness (QED) is 0.770. The highest BCUT2D eigenvalue weighted by Gasteiger charge is 2.14. The molecule has 2 nitrogen and oxygen atoms in total. The molecule has 2 heteroatoms. The van der Waals surface area contributed by atoms with E-state index in [4.69, 9.17) is 0 Å². The van der Waals surface area contributed by atoms with Gasteiger partial charge < -0.3 is 10.2 Å². The Morgan fingerprint density at radius 3 is 2.33 bits per heavy atom. The van der Waals surface area contributed by atoms with Crippen molar-refractivity contribution in [3.8, 4) is 0 Å². The van der Waals surface area contributed by atoms with Gasteiger partial charge in [-0.05, 0) is 55.3 Å². The van der Waals surface area contributed by atoms with Gasteiger partial charge in [0, 0.05) is 19.6 Å². The second kappa shape index (κ2) is 8.55. The Balaban J connectivity index is 1.62. The summed E-state index contributed by atoms with van der Waals surface area (Å²) in [6, 6.07) is 9.10. The monoisotopic (exact) mass is 288 g/mol. The zero-order valence-corrected chi connectivity index (χ0v) is 14.1. The molecule has 1 N–H and O–H groups in total. The minimum absolute atomic E-state index is 0.737. The van der Waals surface area contributed by atoms with E-state index in [0.29, 0.717) is 0 Å². The van der Waals surface area contributed by atoms with Crippen LogP contribution in [0.5, 0.6) is 0 Å². The molecule has 0 aromatic heterocycles. The average molecular weight is 288 g/mol. The topological polar surface area (TPSA) is 15.3 Å². The van der Waals surface area contributed by atoms with Crippen LogP contribution in [0.15, 0.2) is 24.3 Å².